The lowest BCUT2D eigenvalue weighted by molar-refractivity contribution is -0.138. The van der Waals surface area contributed by atoms with E-state index in [0.717, 1.165) is 42.1 Å². The summed E-state index contributed by atoms with van der Waals surface area (Å²) >= 11 is 0. The number of halogens is 1. The average Bonchev–Trinajstić information content (AvgIpc) is 2.46. The molecule has 1 aliphatic rings. The number of rotatable bonds is 3. The molecule has 2 aromatic rings. The molecule has 1 aromatic heterocycles. The van der Waals surface area contributed by atoms with E-state index in [4.69, 9.17) is 5.11 Å². The summed E-state index contributed by atoms with van der Waals surface area (Å²) < 4.78 is 13.5. The maximum atomic E-state index is 13.5. The van der Waals surface area contributed by atoms with Crippen molar-refractivity contribution in [3.63, 3.8) is 0 Å². The van der Waals surface area contributed by atoms with Crippen LogP contribution in [0.3, 0.4) is 0 Å². The molecule has 4 heteroatoms. The summed E-state index contributed by atoms with van der Waals surface area (Å²) in [6.45, 7) is 0. The third-order valence-electron chi connectivity index (χ3n) is 4.42. The van der Waals surface area contributed by atoms with Crippen LogP contribution in [0, 0.1) is 11.7 Å². The third-order valence-corrected chi connectivity index (χ3v) is 4.42. The van der Waals surface area contributed by atoms with Gasteiger partial charge in [-0.15, -0.1) is 0 Å². The van der Waals surface area contributed by atoms with Crippen LogP contribution < -0.4 is 0 Å². The summed E-state index contributed by atoms with van der Waals surface area (Å²) in [5.74, 6) is -0.464. The largest absolute Gasteiger partial charge is 0.481 e. The lowest BCUT2D eigenvalue weighted by Crippen LogP contribution is -2.17. The van der Waals surface area contributed by atoms with Gasteiger partial charge < -0.3 is 5.11 Å². The summed E-state index contributed by atoms with van der Waals surface area (Å²) in [7, 11) is 0. The molecule has 110 valence electrons. The van der Waals surface area contributed by atoms with Gasteiger partial charge in [0.2, 0.25) is 0 Å². The van der Waals surface area contributed by atoms with E-state index in [9.17, 15) is 9.18 Å². The fourth-order valence-corrected chi connectivity index (χ4v) is 3.50. The average molecular weight is 287 g/mol. The second-order valence-corrected chi connectivity index (χ2v) is 5.89. The first kappa shape index (κ1) is 14.0. The second kappa shape index (κ2) is 5.80. The monoisotopic (exact) mass is 287 g/mol. The molecule has 2 atom stereocenters. The molecule has 0 saturated heterocycles. The first-order chi connectivity index (χ1) is 10.1. The molecule has 1 unspecified atom stereocenters. The molecule has 3 rings (SSSR count). The van der Waals surface area contributed by atoms with Gasteiger partial charge in [0.1, 0.15) is 5.82 Å². The Bertz CT molecular complexity index is 671. The molecule has 0 aliphatic heterocycles. The Labute approximate surface area is 122 Å². The Morgan fingerprint density at radius 2 is 2.19 bits per heavy atom. The summed E-state index contributed by atoms with van der Waals surface area (Å²) in [5, 5.41) is 9.83. The first-order valence-electron chi connectivity index (χ1n) is 7.39. The summed E-state index contributed by atoms with van der Waals surface area (Å²) in [4.78, 5) is 15.2. The van der Waals surface area contributed by atoms with E-state index in [-0.39, 0.29) is 18.2 Å². The van der Waals surface area contributed by atoms with Crippen LogP contribution in [0.1, 0.15) is 43.6 Å². The number of benzene rings is 1. The van der Waals surface area contributed by atoms with E-state index in [0.29, 0.717) is 5.92 Å². The van der Waals surface area contributed by atoms with Gasteiger partial charge >= 0.3 is 5.97 Å². The van der Waals surface area contributed by atoms with Gasteiger partial charge in [-0.25, -0.2) is 4.39 Å². The minimum atomic E-state index is -0.730. The fraction of sp³-hybridized carbons (Fsp3) is 0.412. The number of nitrogens with zero attached hydrogens (tertiary/aromatic N) is 1. The van der Waals surface area contributed by atoms with Crippen molar-refractivity contribution in [1.29, 1.82) is 0 Å². The molecule has 1 aromatic carbocycles. The quantitative estimate of drug-likeness (QED) is 0.923. The lowest BCUT2D eigenvalue weighted by Gasteiger charge is -2.29. The van der Waals surface area contributed by atoms with E-state index in [1.165, 1.54) is 6.07 Å². The zero-order valence-electron chi connectivity index (χ0n) is 11.8. The zero-order chi connectivity index (χ0) is 14.8. The van der Waals surface area contributed by atoms with Crippen LogP contribution in [0.5, 0.6) is 0 Å². The molecule has 0 amide bonds. The number of carbonyl (C=O) groups is 1. The number of pyridine rings is 1. The molecular formula is C17H18FNO2. The molecule has 1 fully saturated rings. The maximum Gasteiger partial charge on any atom is 0.303 e. The minimum Gasteiger partial charge on any atom is -0.481 e. The standard InChI is InChI=1S/C17H18FNO2/c18-13-4-5-16-15(10-13)14(6-7-19-16)12-3-1-2-11(8-12)9-17(20)21/h4-7,10-12H,1-3,8-9H2,(H,20,21)/t11?,12-/m0/s1. The number of aliphatic carboxylic acids is 1. The normalized spacial score (nSPS) is 22.3. The molecule has 1 saturated carbocycles. The van der Waals surface area contributed by atoms with Crippen molar-refractivity contribution in [3.05, 3.63) is 41.8 Å². The van der Waals surface area contributed by atoms with Crippen molar-refractivity contribution in [1.82, 2.24) is 4.98 Å². The SMILES string of the molecule is O=C(O)CC1CCC[C@H](c2ccnc3ccc(F)cc23)C1. The van der Waals surface area contributed by atoms with Crippen LogP contribution in [0.4, 0.5) is 4.39 Å². The molecule has 1 aliphatic carbocycles. The van der Waals surface area contributed by atoms with E-state index in [2.05, 4.69) is 4.98 Å². The molecular weight excluding hydrogens is 269 g/mol. The van der Waals surface area contributed by atoms with Gasteiger partial charge in [0.15, 0.2) is 0 Å². The van der Waals surface area contributed by atoms with Crippen LogP contribution in [-0.4, -0.2) is 16.1 Å². The summed E-state index contributed by atoms with van der Waals surface area (Å²) in [6.07, 6.45) is 5.89. The smallest absolute Gasteiger partial charge is 0.303 e. The number of carboxylic acid groups (broad SMARTS) is 1. The molecule has 3 nitrogen and oxygen atoms in total. The van der Waals surface area contributed by atoms with Gasteiger partial charge in [-0.2, -0.15) is 0 Å². The Kier molecular flexibility index (Phi) is 3.86. The molecule has 0 spiro atoms. The minimum absolute atomic E-state index is 0.220. The molecule has 1 N–H and O–H groups in total. The third kappa shape index (κ3) is 3.04. The molecule has 21 heavy (non-hydrogen) atoms. The van der Waals surface area contributed by atoms with E-state index in [1.807, 2.05) is 6.07 Å². The number of carboxylic acids is 1. The molecule has 1 heterocycles. The van der Waals surface area contributed by atoms with E-state index >= 15 is 0 Å². The van der Waals surface area contributed by atoms with Crippen LogP contribution in [0.2, 0.25) is 0 Å². The van der Waals surface area contributed by atoms with Gasteiger partial charge in [0.25, 0.3) is 0 Å². The summed E-state index contributed by atoms with van der Waals surface area (Å²) in [6, 6.07) is 6.62. The number of aromatic nitrogens is 1. The van der Waals surface area contributed by atoms with Crippen molar-refractivity contribution >= 4 is 16.9 Å². The van der Waals surface area contributed by atoms with Crippen LogP contribution in [0.15, 0.2) is 30.5 Å². The Morgan fingerprint density at radius 3 is 3.00 bits per heavy atom. The highest BCUT2D eigenvalue weighted by molar-refractivity contribution is 5.82. The predicted molar refractivity (Wildman–Crippen MR) is 78.7 cm³/mol. The van der Waals surface area contributed by atoms with Crippen molar-refractivity contribution in [2.45, 2.75) is 38.0 Å². The van der Waals surface area contributed by atoms with Crippen LogP contribution in [-0.2, 0) is 4.79 Å². The predicted octanol–water partition coefficient (Wildman–Crippen LogP) is 4.12. The van der Waals surface area contributed by atoms with Gasteiger partial charge in [0, 0.05) is 18.0 Å². The topological polar surface area (TPSA) is 50.2 Å². The second-order valence-electron chi connectivity index (χ2n) is 5.89. The van der Waals surface area contributed by atoms with Crippen molar-refractivity contribution in [2.24, 2.45) is 5.92 Å². The van der Waals surface area contributed by atoms with Gasteiger partial charge in [0.05, 0.1) is 5.52 Å². The van der Waals surface area contributed by atoms with Crippen molar-refractivity contribution in [3.8, 4) is 0 Å². The molecule has 0 bridgehead atoms. The van der Waals surface area contributed by atoms with E-state index in [1.54, 1.807) is 18.3 Å². The highest BCUT2D eigenvalue weighted by Gasteiger charge is 2.26. The maximum absolute atomic E-state index is 13.5. The highest BCUT2D eigenvalue weighted by atomic mass is 19.1. The number of hydrogen-bond acceptors (Lipinski definition) is 2. The van der Waals surface area contributed by atoms with Gasteiger partial charge in [-0.05, 0) is 60.9 Å². The van der Waals surface area contributed by atoms with Gasteiger partial charge in [-0.3, -0.25) is 9.78 Å². The molecule has 0 radical (unpaired) electrons. The van der Waals surface area contributed by atoms with Gasteiger partial charge in [-0.1, -0.05) is 6.42 Å². The van der Waals surface area contributed by atoms with Crippen LogP contribution >= 0.6 is 0 Å². The lowest BCUT2D eigenvalue weighted by atomic mass is 9.76. The number of fused-ring (bicyclic) bond motifs is 1. The van der Waals surface area contributed by atoms with Crippen LogP contribution in [0.25, 0.3) is 10.9 Å². The Morgan fingerprint density at radius 1 is 1.33 bits per heavy atom. The van der Waals surface area contributed by atoms with Crippen molar-refractivity contribution in [2.75, 3.05) is 0 Å². The van der Waals surface area contributed by atoms with Crippen molar-refractivity contribution < 1.29 is 14.3 Å². The number of hydrogen-bond donors (Lipinski definition) is 1. The Hall–Kier alpha value is -1.97. The highest BCUT2D eigenvalue weighted by Crippen LogP contribution is 2.39. The zero-order valence-corrected chi connectivity index (χ0v) is 11.8. The Balaban J connectivity index is 1.92. The van der Waals surface area contributed by atoms with E-state index < -0.39 is 5.97 Å². The summed E-state index contributed by atoms with van der Waals surface area (Å²) in [5.41, 5.74) is 1.91. The first-order valence-corrected chi connectivity index (χ1v) is 7.39. The fourth-order valence-electron chi connectivity index (χ4n) is 3.50.